The van der Waals surface area contributed by atoms with E-state index in [0.29, 0.717) is 13.1 Å². The van der Waals surface area contributed by atoms with Crippen LogP contribution in [0.2, 0.25) is 0 Å². The molecule has 0 bridgehead atoms. The maximum Gasteiger partial charge on any atom is 0.210 e. The highest BCUT2D eigenvalue weighted by Gasteiger charge is 2.06. The minimum absolute atomic E-state index is 0.517. The lowest BCUT2D eigenvalue weighted by molar-refractivity contribution is -0.119. The zero-order chi connectivity index (χ0) is 14.5. The summed E-state index contributed by atoms with van der Waals surface area (Å²) in [6.07, 6.45) is 0.879. The fraction of sp³-hybridized carbons (Fsp3) is 0.111. The van der Waals surface area contributed by atoms with Crippen molar-refractivity contribution in [1.82, 2.24) is 9.88 Å². The summed E-state index contributed by atoms with van der Waals surface area (Å²) in [6, 6.07) is 22.0. The van der Waals surface area contributed by atoms with Crippen molar-refractivity contribution in [3.05, 3.63) is 78.0 Å². The second-order valence-corrected chi connectivity index (χ2v) is 4.99. The maximum absolute atomic E-state index is 11.3. The molecule has 21 heavy (non-hydrogen) atoms. The number of benzene rings is 2. The van der Waals surface area contributed by atoms with Crippen LogP contribution < -0.4 is 0 Å². The first-order valence-corrected chi connectivity index (χ1v) is 6.93. The van der Waals surface area contributed by atoms with E-state index in [9.17, 15) is 4.79 Å². The van der Waals surface area contributed by atoms with Gasteiger partial charge in [-0.15, -0.1) is 0 Å². The summed E-state index contributed by atoms with van der Waals surface area (Å²) in [6.45, 7) is 1.11. The third-order valence-corrected chi connectivity index (χ3v) is 3.40. The molecule has 0 aliphatic heterocycles. The number of amides is 1. The lowest BCUT2D eigenvalue weighted by Gasteiger charge is -2.17. The average molecular weight is 276 g/mol. The van der Waals surface area contributed by atoms with Crippen LogP contribution in [0.25, 0.3) is 10.9 Å². The third-order valence-electron chi connectivity index (χ3n) is 3.40. The van der Waals surface area contributed by atoms with Crippen LogP contribution in [0.1, 0.15) is 11.3 Å². The first-order valence-electron chi connectivity index (χ1n) is 6.93. The van der Waals surface area contributed by atoms with Gasteiger partial charge in [-0.1, -0.05) is 54.6 Å². The van der Waals surface area contributed by atoms with E-state index in [2.05, 4.69) is 4.98 Å². The number of pyridine rings is 1. The van der Waals surface area contributed by atoms with E-state index in [1.165, 1.54) is 0 Å². The Hall–Kier alpha value is -2.68. The summed E-state index contributed by atoms with van der Waals surface area (Å²) in [5, 5.41) is 1.11. The molecule has 1 amide bonds. The topological polar surface area (TPSA) is 33.2 Å². The highest BCUT2D eigenvalue weighted by molar-refractivity contribution is 5.78. The van der Waals surface area contributed by atoms with Gasteiger partial charge >= 0.3 is 0 Å². The van der Waals surface area contributed by atoms with Gasteiger partial charge in [0.1, 0.15) is 0 Å². The summed E-state index contributed by atoms with van der Waals surface area (Å²) in [4.78, 5) is 17.6. The smallest absolute Gasteiger partial charge is 0.210 e. The number of fused-ring (bicyclic) bond motifs is 1. The van der Waals surface area contributed by atoms with Crippen molar-refractivity contribution in [3.8, 4) is 0 Å². The lowest BCUT2D eigenvalue weighted by Crippen LogP contribution is -2.21. The van der Waals surface area contributed by atoms with Crippen molar-refractivity contribution in [2.75, 3.05) is 0 Å². The normalized spacial score (nSPS) is 10.5. The fourth-order valence-corrected chi connectivity index (χ4v) is 2.35. The molecule has 2 aromatic carbocycles. The van der Waals surface area contributed by atoms with Crippen LogP contribution in [0, 0.1) is 0 Å². The van der Waals surface area contributed by atoms with E-state index < -0.39 is 0 Å². The van der Waals surface area contributed by atoms with Gasteiger partial charge in [0.05, 0.1) is 17.8 Å². The highest BCUT2D eigenvalue weighted by atomic mass is 16.1. The molecule has 104 valence electrons. The molecule has 0 spiro atoms. The van der Waals surface area contributed by atoms with Crippen LogP contribution in [0.5, 0.6) is 0 Å². The first kappa shape index (κ1) is 13.3. The second kappa shape index (κ2) is 6.18. The molecule has 3 nitrogen and oxygen atoms in total. The molecule has 3 rings (SSSR count). The van der Waals surface area contributed by atoms with Gasteiger partial charge in [-0.25, -0.2) is 0 Å². The number of nitrogens with zero attached hydrogens (tertiary/aromatic N) is 2. The zero-order valence-electron chi connectivity index (χ0n) is 11.6. The monoisotopic (exact) mass is 276 g/mol. The summed E-state index contributed by atoms with van der Waals surface area (Å²) in [7, 11) is 0. The van der Waals surface area contributed by atoms with Gasteiger partial charge in [0, 0.05) is 11.9 Å². The van der Waals surface area contributed by atoms with Gasteiger partial charge in [0.2, 0.25) is 6.41 Å². The van der Waals surface area contributed by atoms with Crippen molar-refractivity contribution in [2.24, 2.45) is 0 Å². The molecule has 0 radical (unpaired) electrons. The molecule has 0 N–H and O–H groups in total. The molecule has 0 aliphatic rings. The number of hydrogen-bond donors (Lipinski definition) is 0. The Bertz CT molecular complexity index is 740. The third kappa shape index (κ3) is 3.26. The Kier molecular flexibility index (Phi) is 3.92. The van der Waals surface area contributed by atoms with Gasteiger partial charge in [0.15, 0.2) is 0 Å². The first-order chi connectivity index (χ1) is 10.3. The Morgan fingerprint density at radius 2 is 1.62 bits per heavy atom. The number of rotatable bonds is 5. The molecule has 1 aromatic heterocycles. The average Bonchev–Trinajstić information content (AvgIpc) is 2.55. The van der Waals surface area contributed by atoms with Crippen LogP contribution in [0.4, 0.5) is 0 Å². The molecular weight excluding hydrogens is 260 g/mol. The number of para-hydroxylation sites is 1. The lowest BCUT2D eigenvalue weighted by atomic mass is 10.2. The molecule has 1 heterocycles. The molecular formula is C18H16N2O. The van der Waals surface area contributed by atoms with E-state index in [4.69, 9.17) is 0 Å². The van der Waals surface area contributed by atoms with E-state index in [1.54, 1.807) is 4.90 Å². The van der Waals surface area contributed by atoms with E-state index in [0.717, 1.165) is 28.6 Å². The SMILES string of the molecule is O=CN(Cc1ccccc1)Cc1ccc2ccccc2n1. The zero-order valence-corrected chi connectivity index (χ0v) is 11.6. The Balaban J connectivity index is 1.77. The Labute approximate surface area is 123 Å². The van der Waals surface area contributed by atoms with Crippen molar-refractivity contribution in [3.63, 3.8) is 0 Å². The molecule has 3 aromatic rings. The molecule has 0 atom stereocenters. The van der Waals surface area contributed by atoms with Gasteiger partial charge in [0.25, 0.3) is 0 Å². The van der Waals surface area contributed by atoms with Crippen LogP contribution in [-0.4, -0.2) is 16.3 Å². The minimum atomic E-state index is 0.517. The predicted octanol–water partition coefficient (Wildman–Crippen LogP) is 3.39. The Morgan fingerprint density at radius 1 is 0.857 bits per heavy atom. The second-order valence-electron chi connectivity index (χ2n) is 4.99. The van der Waals surface area contributed by atoms with Crippen LogP contribution >= 0.6 is 0 Å². The van der Waals surface area contributed by atoms with Crippen LogP contribution in [0.3, 0.4) is 0 Å². The van der Waals surface area contributed by atoms with Crippen molar-refractivity contribution in [1.29, 1.82) is 0 Å². The van der Waals surface area contributed by atoms with Crippen molar-refractivity contribution >= 4 is 17.3 Å². The van der Waals surface area contributed by atoms with E-state index in [1.807, 2.05) is 66.7 Å². The summed E-state index contributed by atoms with van der Waals surface area (Å²) in [5.74, 6) is 0. The van der Waals surface area contributed by atoms with Gasteiger partial charge in [-0.3, -0.25) is 9.78 Å². The molecule has 0 unspecified atom stereocenters. The quantitative estimate of drug-likeness (QED) is 0.669. The standard InChI is InChI=1S/C18H16N2O/c21-14-20(12-15-6-2-1-3-7-15)13-17-11-10-16-8-4-5-9-18(16)19-17/h1-11,14H,12-13H2. The van der Waals surface area contributed by atoms with Gasteiger partial charge in [-0.2, -0.15) is 0 Å². The van der Waals surface area contributed by atoms with Crippen LogP contribution in [0.15, 0.2) is 66.7 Å². The molecule has 0 saturated carbocycles. The summed E-state index contributed by atoms with van der Waals surface area (Å²) >= 11 is 0. The van der Waals surface area contributed by atoms with E-state index >= 15 is 0 Å². The van der Waals surface area contributed by atoms with Crippen LogP contribution in [-0.2, 0) is 17.9 Å². The molecule has 0 aliphatic carbocycles. The number of carbonyl (C=O) groups is 1. The Morgan fingerprint density at radius 3 is 2.43 bits per heavy atom. The van der Waals surface area contributed by atoms with Crippen molar-refractivity contribution < 1.29 is 4.79 Å². The minimum Gasteiger partial charge on any atom is -0.335 e. The fourth-order valence-electron chi connectivity index (χ4n) is 2.35. The maximum atomic E-state index is 11.3. The molecule has 0 fully saturated rings. The number of carbonyl (C=O) groups excluding carboxylic acids is 1. The largest absolute Gasteiger partial charge is 0.335 e. The van der Waals surface area contributed by atoms with E-state index in [-0.39, 0.29) is 0 Å². The molecule has 0 saturated heterocycles. The molecule has 3 heteroatoms. The highest BCUT2D eigenvalue weighted by Crippen LogP contribution is 2.13. The van der Waals surface area contributed by atoms with Crippen molar-refractivity contribution in [2.45, 2.75) is 13.1 Å². The number of hydrogen-bond acceptors (Lipinski definition) is 2. The number of aromatic nitrogens is 1. The van der Waals surface area contributed by atoms with Gasteiger partial charge in [-0.05, 0) is 17.7 Å². The van der Waals surface area contributed by atoms with Gasteiger partial charge < -0.3 is 4.90 Å². The summed E-state index contributed by atoms with van der Waals surface area (Å²) in [5.41, 5.74) is 2.97. The summed E-state index contributed by atoms with van der Waals surface area (Å²) < 4.78 is 0. The predicted molar refractivity (Wildman–Crippen MR) is 83.5 cm³/mol.